The highest BCUT2D eigenvalue weighted by Gasteiger charge is 2.42. The van der Waals surface area contributed by atoms with Crippen LogP contribution in [0.5, 0.6) is 0 Å². The number of nitrogens with one attached hydrogen (secondary N) is 3. The predicted octanol–water partition coefficient (Wildman–Crippen LogP) is 3.93. The van der Waals surface area contributed by atoms with Crippen molar-refractivity contribution in [3.05, 3.63) is 65.2 Å². The third-order valence-corrected chi connectivity index (χ3v) is 5.90. The van der Waals surface area contributed by atoms with Gasteiger partial charge in [-0.05, 0) is 60.9 Å². The molecule has 0 aromatic heterocycles. The number of aryl methyl sites for hydroxylation is 2. The third-order valence-electron chi connectivity index (χ3n) is 5.90. The molecule has 3 amide bonds. The number of carbonyl (C=O) groups excluding carboxylic acids is 2. The second-order valence-corrected chi connectivity index (χ2v) is 7.87. The van der Waals surface area contributed by atoms with E-state index >= 15 is 0 Å². The summed E-state index contributed by atoms with van der Waals surface area (Å²) in [4.78, 5) is 25.6. The van der Waals surface area contributed by atoms with Gasteiger partial charge in [0, 0.05) is 12.2 Å². The van der Waals surface area contributed by atoms with Crippen LogP contribution in [0.2, 0.25) is 0 Å². The number of amides is 3. The summed E-state index contributed by atoms with van der Waals surface area (Å²) >= 11 is 0. The minimum atomic E-state index is -0.834. The highest BCUT2D eigenvalue weighted by atomic mass is 16.2. The summed E-state index contributed by atoms with van der Waals surface area (Å²) in [5.74, 6) is -0.113. The van der Waals surface area contributed by atoms with Gasteiger partial charge in [0.2, 0.25) is 5.91 Å². The van der Waals surface area contributed by atoms with Crippen molar-refractivity contribution in [3.63, 3.8) is 0 Å². The molecule has 1 fully saturated rings. The average Bonchev–Trinajstić information content (AvgIpc) is 3.37. The monoisotopic (exact) mass is 377 g/mol. The van der Waals surface area contributed by atoms with E-state index < -0.39 is 5.54 Å². The quantitative estimate of drug-likeness (QED) is 0.739. The summed E-state index contributed by atoms with van der Waals surface area (Å²) in [7, 11) is 0. The molecule has 0 unspecified atom stereocenters. The molecule has 2 aliphatic carbocycles. The number of anilines is 1. The molecule has 0 saturated heterocycles. The van der Waals surface area contributed by atoms with Crippen molar-refractivity contribution in [1.82, 2.24) is 10.6 Å². The first-order chi connectivity index (χ1) is 13.6. The SMILES string of the molecule is O=C(NCc1ccccc1)NC1(C(=O)Nc2ccc3c(c2)CCC3)CCCC1. The summed E-state index contributed by atoms with van der Waals surface area (Å²) in [5, 5.41) is 8.90. The molecule has 2 aromatic carbocycles. The zero-order valence-electron chi connectivity index (χ0n) is 16.1. The van der Waals surface area contributed by atoms with E-state index in [-0.39, 0.29) is 11.9 Å². The first-order valence-electron chi connectivity index (χ1n) is 10.2. The molecule has 0 heterocycles. The largest absolute Gasteiger partial charge is 0.334 e. The lowest BCUT2D eigenvalue weighted by Crippen LogP contribution is -2.57. The maximum Gasteiger partial charge on any atom is 0.315 e. The van der Waals surface area contributed by atoms with Crippen LogP contribution in [0, 0.1) is 0 Å². The average molecular weight is 377 g/mol. The van der Waals surface area contributed by atoms with Crippen molar-refractivity contribution < 1.29 is 9.59 Å². The molecule has 5 heteroatoms. The highest BCUT2D eigenvalue weighted by Crippen LogP contribution is 2.32. The number of hydrogen-bond donors (Lipinski definition) is 3. The first kappa shape index (κ1) is 18.5. The number of urea groups is 1. The van der Waals surface area contributed by atoms with Gasteiger partial charge in [0.25, 0.3) is 0 Å². The fourth-order valence-corrected chi connectivity index (χ4v) is 4.33. The summed E-state index contributed by atoms with van der Waals surface area (Å²) in [6, 6.07) is 15.6. The lowest BCUT2D eigenvalue weighted by molar-refractivity contribution is -0.121. The molecule has 0 bridgehead atoms. The third kappa shape index (κ3) is 4.03. The Balaban J connectivity index is 1.40. The van der Waals surface area contributed by atoms with Crippen LogP contribution >= 0.6 is 0 Å². The van der Waals surface area contributed by atoms with Crippen LogP contribution < -0.4 is 16.0 Å². The molecule has 2 aliphatic rings. The van der Waals surface area contributed by atoms with Crippen LogP contribution in [0.15, 0.2) is 48.5 Å². The normalized spacial score (nSPS) is 17.0. The number of rotatable bonds is 5. The molecule has 5 nitrogen and oxygen atoms in total. The van der Waals surface area contributed by atoms with Gasteiger partial charge in [0.1, 0.15) is 5.54 Å². The summed E-state index contributed by atoms with van der Waals surface area (Å²) in [5.41, 5.74) is 3.72. The van der Waals surface area contributed by atoms with Crippen molar-refractivity contribution in [2.75, 3.05) is 5.32 Å². The Morgan fingerprint density at radius 3 is 2.43 bits per heavy atom. The minimum Gasteiger partial charge on any atom is -0.334 e. The lowest BCUT2D eigenvalue weighted by Gasteiger charge is -2.29. The molecule has 0 spiro atoms. The zero-order valence-corrected chi connectivity index (χ0v) is 16.1. The maximum absolute atomic E-state index is 13.1. The van der Waals surface area contributed by atoms with Crippen LogP contribution in [-0.2, 0) is 24.2 Å². The summed E-state index contributed by atoms with van der Waals surface area (Å²) < 4.78 is 0. The van der Waals surface area contributed by atoms with Gasteiger partial charge in [-0.3, -0.25) is 4.79 Å². The Bertz CT molecular complexity index is 857. The highest BCUT2D eigenvalue weighted by molar-refractivity contribution is 6.00. The molecule has 4 rings (SSSR count). The van der Waals surface area contributed by atoms with Gasteiger partial charge in [0.05, 0.1) is 0 Å². The van der Waals surface area contributed by atoms with E-state index in [9.17, 15) is 9.59 Å². The molecule has 0 atom stereocenters. The smallest absolute Gasteiger partial charge is 0.315 e. The van der Waals surface area contributed by atoms with E-state index in [1.54, 1.807) is 0 Å². The van der Waals surface area contributed by atoms with Crippen molar-refractivity contribution in [1.29, 1.82) is 0 Å². The number of carbonyl (C=O) groups is 2. The van der Waals surface area contributed by atoms with Crippen molar-refractivity contribution >= 4 is 17.6 Å². The van der Waals surface area contributed by atoms with Gasteiger partial charge >= 0.3 is 6.03 Å². The predicted molar refractivity (Wildman–Crippen MR) is 110 cm³/mol. The Labute approximate surface area is 165 Å². The Morgan fingerprint density at radius 1 is 0.893 bits per heavy atom. The zero-order chi connectivity index (χ0) is 19.4. The van der Waals surface area contributed by atoms with Gasteiger partial charge in [-0.1, -0.05) is 49.2 Å². The van der Waals surface area contributed by atoms with E-state index in [1.165, 1.54) is 17.5 Å². The molecule has 3 N–H and O–H groups in total. The lowest BCUT2D eigenvalue weighted by atomic mass is 9.96. The van der Waals surface area contributed by atoms with Gasteiger partial charge in [0.15, 0.2) is 0 Å². The van der Waals surface area contributed by atoms with Gasteiger partial charge < -0.3 is 16.0 Å². The van der Waals surface area contributed by atoms with E-state index in [4.69, 9.17) is 0 Å². The Hall–Kier alpha value is -2.82. The number of fused-ring (bicyclic) bond motifs is 1. The van der Waals surface area contributed by atoms with E-state index in [1.807, 2.05) is 36.4 Å². The second kappa shape index (κ2) is 8.05. The van der Waals surface area contributed by atoms with Crippen molar-refractivity contribution in [2.24, 2.45) is 0 Å². The Morgan fingerprint density at radius 2 is 1.64 bits per heavy atom. The fourth-order valence-electron chi connectivity index (χ4n) is 4.33. The van der Waals surface area contributed by atoms with Crippen molar-refractivity contribution in [3.8, 4) is 0 Å². The minimum absolute atomic E-state index is 0.113. The molecule has 0 radical (unpaired) electrons. The van der Waals surface area contributed by atoms with Gasteiger partial charge in [-0.15, -0.1) is 0 Å². The van der Waals surface area contributed by atoms with Gasteiger partial charge in [-0.25, -0.2) is 4.79 Å². The first-order valence-corrected chi connectivity index (χ1v) is 10.2. The van der Waals surface area contributed by atoms with E-state index in [0.29, 0.717) is 19.4 Å². The van der Waals surface area contributed by atoms with Crippen LogP contribution in [-0.4, -0.2) is 17.5 Å². The van der Waals surface area contributed by atoms with Crippen LogP contribution in [0.25, 0.3) is 0 Å². The topological polar surface area (TPSA) is 70.2 Å². The van der Waals surface area contributed by atoms with Crippen LogP contribution in [0.1, 0.15) is 48.8 Å². The van der Waals surface area contributed by atoms with Gasteiger partial charge in [-0.2, -0.15) is 0 Å². The van der Waals surface area contributed by atoms with Crippen LogP contribution in [0.4, 0.5) is 10.5 Å². The molecule has 0 aliphatic heterocycles. The number of hydrogen-bond acceptors (Lipinski definition) is 2. The summed E-state index contributed by atoms with van der Waals surface area (Å²) in [6.07, 6.45) is 6.60. The maximum atomic E-state index is 13.1. The van der Waals surface area contributed by atoms with E-state index in [2.05, 4.69) is 28.1 Å². The van der Waals surface area contributed by atoms with Crippen LogP contribution in [0.3, 0.4) is 0 Å². The van der Waals surface area contributed by atoms with Crippen molar-refractivity contribution in [2.45, 2.75) is 57.0 Å². The van der Waals surface area contributed by atoms with E-state index in [0.717, 1.165) is 36.9 Å². The second-order valence-electron chi connectivity index (χ2n) is 7.87. The molecular formula is C23H27N3O2. The molecule has 2 aromatic rings. The number of benzene rings is 2. The molecule has 146 valence electrons. The fraction of sp³-hybridized carbons (Fsp3) is 0.391. The summed E-state index contributed by atoms with van der Waals surface area (Å²) in [6.45, 7) is 0.440. The Kier molecular flexibility index (Phi) is 5.33. The molecule has 28 heavy (non-hydrogen) atoms. The molecular weight excluding hydrogens is 350 g/mol. The standard InChI is InChI=1S/C23H27N3O2/c27-21(25-20-12-11-18-9-6-10-19(18)15-20)23(13-4-5-14-23)26-22(28)24-16-17-7-2-1-3-8-17/h1-3,7-8,11-12,15H,4-6,9-10,13-14,16H2,(H,25,27)(H2,24,26,28). The molecule has 1 saturated carbocycles.